The number of benzene rings is 1. The topological polar surface area (TPSA) is 62.4 Å². The van der Waals surface area contributed by atoms with Gasteiger partial charge in [-0.25, -0.2) is 0 Å². The van der Waals surface area contributed by atoms with Crippen LogP contribution in [0.4, 0.5) is 5.69 Å². The van der Waals surface area contributed by atoms with Crippen LogP contribution in [0.25, 0.3) is 11.1 Å². The van der Waals surface area contributed by atoms with Crippen molar-refractivity contribution < 1.29 is 9.53 Å². The molecule has 0 radical (unpaired) electrons. The maximum atomic E-state index is 11.6. The average molecular weight is 270 g/mol. The summed E-state index contributed by atoms with van der Waals surface area (Å²) >= 11 is 0. The number of H-pyrrole nitrogens is 1. The molecule has 2 heterocycles. The van der Waals surface area contributed by atoms with Gasteiger partial charge in [0.1, 0.15) is 5.75 Å². The molecule has 1 aliphatic rings. The molecular formula is C15H14N2O3. The number of amides is 1. The molecule has 1 aliphatic heterocycles. The van der Waals surface area contributed by atoms with Crippen molar-refractivity contribution in [3.05, 3.63) is 46.4 Å². The lowest BCUT2D eigenvalue weighted by Gasteiger charge is -2.26. The zero-order valence-corrected chi connectivity index (χ0v) is 11.3. The van der Waals surface area contributed by atoms with Crippen LogP contribution >= 0.6 is 0 Å². The number of hydrogen-bond acceptors (Lipinski definition) is 3. The predicted octanol–water partition coefficient (Wildman–Crippen LogP) is 1.71. The molecule has 1 aromatic carbocycles. The van der Waals surface area contributed by atoms with Gasteiger partial charge in [0.2, 0.25) is 5.56 Å². The molecule has 0 spiro atoms. The molecule has 1 aromatic heterocycles. The fourth-order valence-electron chi connectivity index (χ4n) is 2.33. The van der Waals surface area contributed by atoms with Crippen molar-refractivity contribution in [2.24, 2.45) is 0 Å². The van der Waals surface area contributed by atoms with Gasteiger partial charge >= 0.3 is 0 Å². The summed E-state index contributed by atoms with van der Waals surface area (Å²) in [5, 5.41) is 0. The van der Waals surface area contributed by atoms with Crippen LogP contribution in [-0.4, -0.2) is 24.5 Å². The monoisotopic (exact) mass is 270 g/mol. The minimum atomic E-state index is -0.120. The smallest absolute Gasteiger partial charge is 0.264 e. The Morgan fingerprint density at radius 1 is 1.25 bits per heavy atom. The SMILES string of the molecule is Cc1cc(=O)[nH]cc1-c1ccc2c(c1)OCC(=O)N2C. The molecule has 0 bridgehead atoms. The summed E-state index contributed by atoms with van der Waals surface area (Å²) in [5.41, 5.74) is 3.42. The number of nitrogens with one attached hydrogen (secondary N) is 1. The number of ether oxygens (including phenoxy) is 1. The number of anilines is 1. The largest absolute Gasteiger partial charge is 0.482 e. The van der Waals surface area contributed by atoms with E-state index in [2.05, 4.69) is 4.98 Å². The Hall–Kier alpha value is -2.56. The summed E-state index contributed by atoms with van der Waals surface area (Å²) in [7, 11) is 1.73. The molecule has 2 aromatic rings. The van der Waals surface area contributed by atoms with E-state index in [0.717, 1.165) is 22.4 Å². The van der Waals surface area contributed by atoms with E-state index in [1.165, 1.54) is 0 Å². The highest BCUT2D eigenvalue weighted by Crippen LogP contribution is 2.35. The molecule has 0 saturated carbocycles. The Balaban J connectivity index is 2.09. The van der Waals surface area contributed by atoms with E-state index in [1.54, 1.807) is 24.2 Å². The van der Waals surface area contributed by atoms with Crippen molar-refractivity contribution in [3.8, 4) is 16.9 Å². The number of rotatable bonds is 1. The number of aryl methyl sites for hydroxylation is 1. The molecule has 5 nitrogen and oxygen atoms in total. The summed E-state index contributed by atoms with van der Waals surface area (Å²) in [6, 6.07) is 7.22. The van der Waals surface area contributed by atoms with Crippen LogP contribution in [0.3, 0.4) is 0 Å². The van der Waals surface area contributed by atoms with Gasteiger partial charge in [-0.2, -0.15) is 0 Å². The van der Waals surface area contributed by atoms with Crippen LogP contribution < -0.4 is 15.2 Å². The van der Waals surface area contributed by atoms with Gasteiger partial charge in [0.15, 0.2) is 6.61 Å². The van der Waals surface area contributed by atoms with Crippen molar-refractivity contribution in [3.63, 3.8) is 0 Å². The Labute approximate surface area is 115 Å². The van der Waals surface area contributed by atoms with Crippen LogP contribution in [0.2, 0.25) is 0 Å². The van der Waals surface area contributed by atoms with Gasteiger partial charge in [-0.05, 0) is 30.2 Å². The number of carbonyl (C=O) groups excluding carboxylic acids is 1. The number of fused-ring (bicyclic) bond motifs is 1. The first kappa shape index (κ1) is 12.5. The van der Waals surface area contributed by atoms with Crippen molar-refractivity contribution in [1.82, 2.24) is 4.98 Å². The van der Waals surface area contributed by atoms with E-state index < -0.39 is 0 Å². The molecule has 1 N–H and O–H groups in total. The quantitative estimate of drug-likeness (QED) is 0.858. The third kappa shape index (κ3) is 1.97. The summed E-state index contributed by atoms with van der Waals surface area (Å²) in [5.74, 6) is 0.612. The van der Waals surface area contributed by atoms with E-state index >= 15 is 0 Å². The third-order valence-corrected chi connectivity index (χ3v) is 3.49. The molecule has 5 heteroatoms. The van der Waals surface area contributed by atoms with Crippen LogP contribution in [-0.2, 0) is 4.79 Å². The summed E-state index contributed by atoms with van der Waals surface area (Å²) in [6.07, 6.45) is 1.69. The van der Waals surface area contributed by atoms with Gasteiger partial charge < -0.3 is 14.6 Å². The minimum Gasteiger partial charge on any atom is -0.482 e. The van der Waals surface area contributed by atoms with Crippen LogP contribution in [0, 0.1) is 6.92 Å². The minimum absolute atomic E-state index is 0.0531. The summed E-state index contributed by atoms with van der Waals surface area (Å²) in [6.45, 7) is 1.94. The number of pyridine rings is 1. The Kier molecular flexibility index (Phi) is 2.82. The Bertz CT molecular complexity index is 749. The number of hydrogen-bond donors (Lipinski definition) is 1. The van der Waals surface area contributed by atoms with Gasteiger partial charge in [-0.1, -0.05) is 6.07 Å². The molecule has 0 aliphatic carbocycles. The van der Waals surface area contributed by atoms with E-state index in [-0.39, 0.29) is 18.1 Å². The number of carbonyl (C=O) groups is 1. The van der Waals surface area contributed by atoms with Gasteiger partial charge in [0.05, 0.1) is 5.69 Å². The standard InChI is InChI=1S/C15H14N2O3/c1-9-5-14(18)16-7-11(9)10-3-4-12-13(6-10)20-8-15(19)17(12)2/h3-7H,8H2,1-2H3,(H,16,18). The summed E-state index contributed by atoms with van der Waals surface area (Å²) in [4.78, 5) is 27.1. The number of aromatic amines is 1. The van der Waals surface area contributed by atoms with Crippen LogP contribution in [0.1, 0.15) is 5.56 Å². The first-order valence-corrected chi connectivity index (χ1v) is 6.29. The zero-order valence-electron chi connectivity index (χ0n) is 11.3. The molecule has 0 atom stereocenters. The van der Waals surface area contributed by atoms with Crippen molar-refractivity contribution in [2.75, 3.05) is 18.6 Å². The zero-order chi connectivity index (χ0) is 14.3. The molecule has 0 saturated heterocycles. The molecule has 0 fully saturated rings. The van der Waals surface area contributed by atoms with E-state index in [0.29, 0.717) is 5.75 Å². The van der Waals surface area contributed by atoms with Crippen molar-refractivity contribution in [2.45, 2.75) is 6.92 Å². The second-order valence-electron chi connectivity index (χ2n) is 4.82. The average Bonchev–Trinajstić information content (AvgIpc) is 2.43. The van der Waals surface area contributed by atoms with E-state index in [1.807, 2.05) is 25.1 Å². The fourth-order valence-corrected chi connectivity index (χ4v) is 2.33. The third-order valence-electron chi connectivity index (χ3n) is 3.49. The van der Waals surface area contributed by atoms with E-state index in [4.69, 9.17) is 4.74 Å². The number of likely N-dealkylation sites (N-methyl/N-ethyl adjacent to an activating group) is 1. The fraction of sp³-hybridized carbons (Fsp3) is 0.200. The lowest BCUT2D eigenvalue weighted by molar-refractivity contribution is -0.120. The predicted molar refractivity (Wildman–Crippen MR) is 76.1 cm³/mol. The van der Waals surface area contributed by atoms with Gasteiger partial charge in [0.25, 0.3) is 5.91 Å². The Morgan fingerprint density at radius 3 is 2.80 bits per heavy atom. The highest BCUT2D eigenvalue weighted by atomic mass is 16.5. The molecule has 1 amide bonds. The van der Waals surface area contributed by atoms with Gasteiger partial charge in [-0.3, -0.25) is 9.59 Å². The second kappa shape index (κ2) is 4.52. The first-order valence-electron chi connectivity index (χ1n) is 6.29. The molecule has 0 unspecified atom stereocenters. The highest BCUT2D eigenvalue weighted by molar-refractivity contribution is 5.97. The maximum absolute atomic E-state index is 11.6. The number of nitrogens with zero attached hydrogens (tertiary/aromatic N) is 1. The maximum Gasteiger partial charge on any atom is 0.264 e. The summed E-state index contributed by atoms with van der Waals surface area (Å²) < 4.78 is 5.47. The first-order chi connectivity index (χ1) is 9.56. The van der Waals surface area contributed by atoms with Crippen LogP contribution in [0.5, 0.6) is 5.75 Å². The van der Waals surface area contributed by atoms with Crippen LogP contribution in [0.15, 0.2) is 35.3 Å². The van der Waals surface area contributed by atoms with Crippen molar-refractivity contribution >= 4 is 11.6 Å². The molecule has 102 valence electrons. The normalized spacial score (nSPS) is 13.9. The molecule has 3 rings (SSSR count). The Morgan fingerprint density at radius 2 is 2.05 bits per heavy atom. The second-order valence-corrected chi connectivity index (χ2v) is 4.82. The number of aromatic nitrogens is 1. The van der Waals surface area contributed by atoms with E-state index in [9.17, 15) is 9.59 Å². The molecular weight excluding hydrogens is 256 g/mol. The lowest BCUT2D eigenvalue weighted by Crippen LogP contribution is -2.35. The highest BCUT2D eigenvalue weighted by Gasteiger charge is 2.22. The lowest BCUT2D eigenvalue weighted by atomic mass is 10.0. The van der Waals surface area contributed by atoms with Gasteiger partial charge in [0, 0.05) is 24.9 Å². The van der Waals surface area contributed by atoms with Gasteiger partial charge in [-0.15, -0.1) is 0 Å². The molecule has 20 heavy (non-hydrogen) atoms. The van der Waals surface area contributed by atoms with Crippen molar-refractivity contribution in [1.29, 1.82) is 0 Å².